The molecule has 0 aliphatic carbocycles. The molecule has 90 valence electrons. The van der Waals surface area contributed by atoms with Crippen LogP contribution in [-0.4, -0.2) is 32.0 Å². The molecule has 0 amide bonds. The lowest BCUT2D eigenvalue weighted by molar-refractivity contribution is -0.524. The summed E-state index contributed by atoms with van der Waals surface area (Å²) < 4.78 is 2.50. The predicted molar refractivity (Wildman–Crippen MR) is 74.0 cm³/mol. The van der Waals surface area contributed by atoms with E-state index in [-0.39, 0.29) is 0 Å². The van der Waals surface area contributed by atoms with Gasteiger partial charge in [-0.2, -0.15) is 0 Å². The van der Waals surface area contributed by atoms with E-state index in [2.05, 4.69) is 44.3 Å². The minimum atomic E-state index is -0.795. The fraction of sp³-hybridized carbons (Fsp3) is 0.923. The van der Waals surface area contributed by atoms with Crippen molar-refractivity contribution >= 4 is 14.3 Å². The van der Waals surface area contributed by atoms with Crippen LogP contribution >= 0.6 is 0 Å². The first-order chi connectivity index (χ1) is 6.99. The Balaban J connectivity index is 3.67. The summed E-state index contributed by atoms with van der Waals surface area (Å²) in [5.41, 5.74) is 0. The van der Waals surface area contributed by atoms with Crippen molar-refractivity contribution in [3.05, 3.63) is 0 Å². The highest BCUT2D eigenvalue weighted by molar-refractivity contribution is 6.76. The van der Waals surface area contributed by atoms with Crippen LogP contribution in [0.2, 0.25) is 25.7 Å². The summed E-state index contributed by atoms with van der Waals surface area (Å²) in [4.78, 5) is 0. The van der Waals surface area contributed by atoms with Crippen molar-refractivity contribution in [1.82, 2.24) is 0 Å². The van der Waals surface area contributed by atoms with Crippen molar-refractivity contribution in [3.8, 4) is 0 Å². The van der Waals surface area contributed by atoms with Gasteiger partial charge in [0.15, 0.2) is 0 Å². The molecule has 0 bridgehead atoms. The van der Waals surface area contributed by atoms with Gasteiger partial charge in [0.05, 0.1) is 0 Å². The van der Waals surface area contributed by atoms with Crippen molar-refractivity contribution in [2.75, 3.05) is 13.1 Å². The molecule has 0 aromatic rings. The first-order valence-electron chi connectivity index (χ1n) is 6.57. The van der Waals surface area contributed by atoms with Crippen molar-refractivity contribution in [2.24, 2.45) is 0 Å². The lowest BCUT2D eigenvalue weighted by atomic mass is 10.3. The lowest BCUT2D eigenvalue weighted by Gasteiger charge is -2.14. The van der Waals surface area contributed by atoms with Gasteiger partial charge >= 0.3 is 0 Å². The third-order valence-corrected chi connectivity index (χ3v) is 4.43. The van der Waals surface area contributed by atoms with Gasteiger partial charge in [-0.1, -0.05) is 39.5 Å². The highest BCUT2D eigenvalue weighted by atomic mass is 28.3. The Morgan fingerprint density at radius 1 is 1.00 bits per heavy atom. The monoisotopic (exact) mass is 228 g/mol. The molecule has 0 N–H and O–H groups in total. The Kier molecular flexibility index (Phi) is 8.03. The summed E-state index contributed by atoms with van der Waals surface area (Å²) in [6, 6.07) is 1.49. The highest BCUT2D eigenvalue weighted by Gasteiger charge is 2.12. The molecule has 0 unspecified atom stereocenters. The van der Waals surface area contributed by atoms with E-state index < -0.39 is 8.07 Å². The second kappa shape index (κ2) is 8.09. The number of nitrogens with zero attached hydrogens (tertiary/aromatic N) is 1. The minimum absolute atomic E-state index is 0.795. The Labute approximate surface area is 97.6 Å². The van der Waals surface area contributed by atoms with Crippen molar-refractivity contribution in [3.63, 3.8) is 0 Å². The molecule has 1 nitrogen and oxygen atoms in total. The van der Waals surface area contributed by atoms with Gasteiger partial charge in [-0.05, 0) is 6.42 Å². The molecule has 0 rings (SSSR count). The van der Waals surface area contributed by atoms with Gasteiger partial charge in [0.25, 0.3) is 0 Å². The van der Waals surface area contributed by atoms with E-state index in [1.807, 2.05) is 0 Å². The lowest BCUT2D eigenvalue weighted by Crippen LogP contribution is -2.20. The van der Waals surface area contributed by atoms with Gasteiger partial charge in [0, 0.05) is 27.3 Å². The zero-order chi connectivity index (χ0) is 11.7. The molecule has 0 saturated heterocycles. The molecule has 15 heavy (non-hydrogen) atoms. The van der Waals surface area contributed by atoms with Crippen LogP contribution in [-0.2, 0) is 0 Å². The normalized spacial score (nSPS) is 13.3. The maximum atomic E-state index is 2.50. The summed E-state index contributed by atoms with van der Waals surface area (Å²) in [6.07, 6.45) is 7.60. The van der Waals surface area contributed by atoms with E-state index in [0.29, 0.717) is 0 Å². The van der Waals surface area contributed by atoms with Gasteiger partial charge in [0.1, 0.15) is 19.3 Å². The van der Waals surface area contributed by atoms with E-state index in [1.165, 1.54) is 44.8 Å². The number of rotatable bonds is 8. The van der Waals surface area contributed by atoms with Crippen LogP contribution in [0, 0.1) is 0 Å². The molecule has 0 aromatic heterocycles. The zero-order valence-electron chi connectivity index (χ0n) is 11.5. The Bertz CT molecular complexity index is 179. The highest BCUT2D eigenvalue weighted by Crippen LogP contribution is 2.12. The maximum absolute atomic E-state index is 2.50. The molecular weight excluding hydrogens is 198 g/mol. The van der Waals surface area contributed by atoms with Crippen molar-refractivity contribution in [1.29, 1.82) is 0 Å². The summed E-state index contributed by atoms with van der Waals surface area (Å²) in [5, 5.41) is 0. The smallest absolute Gasteiger partial charge is 0.142 e. The van der Waals surface area contributed by atoms with Crippen molar-refractivity contribution < 1.29 is 4.58 Å². The van der Waals surface area contributed by atoms with Crippen LogP contribution < -0.4 is 0 Å². The second-order valence-corrected chi connectivity index (χ2v) is 11.3. The van der Waals surface area contributed by atoms with Crippen LogP contribution in [0.4, 0.5) is 0 Å². The van der Waals surface area contributed by atoms with Crippen LogP contribution in [0.15, 0.2) is 0 Å². The summed E-state index contributed by atoms with van der Waals surface area (Å²) in [5.74, 6) is 0. The molecule has 0 radical (unpaired) electrons. The molecule has 0 atom stereocenters. The third kappa shape index (κ3) is 10.2. The van der Waals surface area contributed by atoms with E-state index in [0.717, 1.165) is 0 Å². The summed E-state index contributed by atoms with van der Waals surface area (Å²) in [6.45, 7) is 14.4. The molecule has 0 aliphatic heterocycles. The second-order valence-electron chi connectivity index (χ2n) is 5.64. The summed E-state index contributed by atoms with van der Waals surface area (Å²) >= 11 is 0. The molecule has 0 aliphatic rings. The SMILES string of the molecule is CCC=[N+](CCC)CCCC[Si](C)(C)C. The van der Waals surface area contributed by atoms with E-state index in [1.54, 1.807) is 0 Å². The van der Waals surface area contributed by atoms with Crippen LogP contribution in [0.25, 0.3) is 0 Å². The molecule has 2 heteroatoms. The zero-order valence-corrected chi connectivity index (χ0v) is 12.5. The average molecular weight is 228 g/mol. The van der Waals surface area contributed by atoms with Gasteiger partial charge in [-0.25, -0.2) is 4.58 Å². The standard InChI is InChI=1S/C13H30NSi/c1-6-10-14(11-7-2)12-8-9-13-15(3,4)5/h10H,6-9,11-13H2,1-5H3/q+1. The third-order valence-electron chi connectivity index (χ3n) is 2.57. The predicted octanol–water partition coefficient (Wildman–Crippen LogP) is 4.01. The summed E-state index contributed by atoms with van der Waals surface area (Å²) in [7, 11) is -0.795. The first-order valence-corrected chi connectivity index (χ1v) is 10.3. The fourth-order valence-electron chi connectivity index (χ4n) is 1.81. The Morgan fingerprint density at radius 3 is 2.13 bits per heavy atom. The fourth-order valence-corrected chi connectivity index (χ4v) is 3.12. The van der Waals surface area contributed by atoms with Crippen LogP contribution in [0.1, 0.15) is 39.5 Å². The van der Waals surface area contributed by atoms with E-state index in [9.17, 15) is 0 Å². The van der Waals surface area contributed by atoms with Gasteiger partial charge < -0.3 is 0 Å². The topological polar surface area (TPSA) is 3.01 Å². The molecule has 0 saturated carbocycles. The maximum Gasteiger partial charge on any atom is 0.142 e. The van der Waals surface area contributed by atoms with Crippen LogP contribution in [0.5, 0.6) is 0 Å². The van der Waals surface area contributed by atoms with Crippen molar-refractivity contribution in [2.45, 2.75) is 65.2 Å². The van der Waals surface area contributed by atoms with Gasteiger partial charge in [-0.15, -0.1) is 0 Å². The average Bonchev–Trinajstić information content (AvgIpc) is 2.11. The van der Waals surface area contributed by atoms with E-state index in [4.69, 9.17) is 0 Å². The first kappa shape index (κ1) is 14.9. The van der Waals surface area contributed by atoms with E-state index >= 15 is 0 Å². The quantitative estimate of drug-likeness (QED) is 0.256. The molecule has 0 heterocycles. The number of hydrogen-bond acceptors (Lipinski definition) is 0. The molecular formula is C13H30NSi+. The molecule has 0 fully saturated rings. The molecule has 0 spiro atoms. The Morgan fingerprint density at radius 2 is 1.67 bits per heavy atom. The Hall–Kier alpha value is -0.113. The minimum Gasteiger partial charge on any atom is -0.240 e. The van der Waals surface area contributed by atoms with Crippen LogP contribution in [0.3, 0.4) is 0 Å². The number of hydrogen-bond donors (Lipinski definition) is 0. The number of unbranched alkanes of at least 4 members (excludes halogenated alkanes) is 1. The molecule has 0 aromatic carbocycles. The van der Waals surface area contributed by atoms with Gasteiger partial charge in [0.2, 0.25) is 0 Å². The van der Waals surface area contributed by atoms with Gasteiger partial charge in [-0.3, -0.25) is 0 Å². The largest absolute Gasteiger partial charge is 0.240 e.